The van der Waals surface area contributed by atoms with Gasteiger partial charge in [0.2, 0.25) is 0 Å². The normalized spacial score (nSPS) is 11.8. The molecule has 0 saturated carbocycles. The van der Waals surface area contributed by atoms with Crippen LogP contribution in [0.3, 0.4) is 0 Å². The predicted molar refractivity (Wildman–Crippen MR) is 110 cm³/mol. The Morgan fingerprint density at radius 1 is 0.871 bits per heavy atom. The molecule has 0 aliphatic heterocycles. The minimum absolute atomic E-state index is 0.182. The van der Waals surface area contributed by atoms with Crippen molar-refractivity contribution >= 4 is 28.8 Å². The Balaban J connectivity index is 1.49. The highest BCUT2D eigenvalue weighted by Crippen LogP contribution is 2.27. The van der Waals surface area contributed by atoms with Crippen molar-refractivity contribution in [1.29, 1.82) is 0 Å². The second-order valence-electron chi connectivity index (χ2n) is 6.56. The van der Waals surface area contributed by atoms with Gasteiger partial charge in [-0.1, -0.05) is 41.4 Å². The number of nitrogens with zero attached hydrogens (tertiary/aromatic N) is 3. The molecular weight excluding hydrogens is 454 g/mol. The van der Waals surface area contributed by atoms with Gasteiger partial charge in [0.15, 0.2) is 11.5 Å². The largest absolute Gasteiger partial charge is 0.573 e. The Labute approximate surface area is 184 Å². The van der Waals surface area contributed by atoms with E-state index in [4.69, 9.17) is 27.9 Å². The first-order valence-corrected chi connectivity index (χ1v) is 9.75. The molecular formula is C21H14Cl2F3N3O2. The summed E-state index contributed by atoms with van der Waals surface area (Å²) in [6, 6.07) is 14.4. The second-order valence-corrected chi connectivity index (χ2v) is 7.41. The molecule has 0 atom stereocenters. The number of pyridine rings is 1. The Morgan fingerprint density at radius 2 is 1.61 bits per heavy atom. The SMILES string of the molecule is FC(F)(F)Oc1ccc(-c2ccc3nnc(COCc4ccc(Cl)cc4Cl)n3c2)cc1. The molecule has 5 nitrogen and oxygen atoms in total. The highest BCUT2D eigenvalue weighted by molar-refractivity contribution is 6.35. The quantitative estimate of drug-likeness (QED) is 0.333. The Morgan fingerprint density at radius 3 is 2.32 bits per heavy atom. The van der Waals surface area contributed by atoms with Crippen molar-refractivity contribution in [3.05, 3.63) is 82.2 Å². The van der Waals surface area contributed by atoms with Crippen LogP contribution in [-0.2, 0) is 18.0 Å². The number of benzene rings is 2. The molecule has 0 bridgehead atoms. The highest BCUT2D eigenvalue weighted by atomic mass is 35.5. The van der Waals surface area contributed by atoms with Crippen molar-refractivity contribution in [2.45, 2.75) is 19.6 Å². The lowest BCUT2D eigenvalue weighted by Crippen LogP contribution is -2.16. The number of ether oxygens (including phenoxy) is 2. The zero-order valence-corrected chi connectivity index (χ0v) is 17.2. The molecule has 10 heteroatoms. The molecule has 2 heterocycles. The van der Waals surface area contributed by atoms with Gasteiger partial charge in [-0.3, -0.25) is 4.40 Å². The van der Waals surface area contributed by atoms with Crippen molar-refractivity contribution < 1.29 is 22.6 Å². The van der Waals surface area contributed by atoms with E-state index in [1.165, 1.54) is 12.1 Å². The van der Waals surface area contributed by atoms with Crippen LogP contribution < -0.4 is 4.74 Å². The maximum absolute atomic E-state index is 12.3. The van der Waals surface area contributed by atoms with E-state index in [0.717, 1.165) is 11.1 Å². The predicted octanol–water partition coefficient (Wildman–Crippen LogP) is 6.32. The van der Waals surface area contributed by atoms with Gasteiger partial charge in [-0.25, -0.2) is 0 Å². The summed E-state index contributed by atoms with van der Waals surface area (Å²) in [5, 5.41) is 9.31. The lowest BCUT2D eigenvalue weighted by atomic mass is 10.1. The fourth-order valence-electron chi connectivity index (χ4n) is 2.95. The number of hydrogen-bond acceptors (Lipinski definition) is 4. The average molecular weight is 468 g/mol. The van der Waals surface area contributed by atoms with Crippen molar-refractivity contribution in [1.82, 2.24) is 14.6 Å². The lowest BCUT2D eigenvalue weighted by molar-refractivity contribution is -0.274. The molecule has 2 aromatic carbocycles. The number of hydrogen-bond donors (Lipinski definition) is 0. The smallest absolute Gasteiger partial charge is 0.406 e. The Hall–Kier alpha value is -2.81. The van der Waals surface area contributed by atoms with E-state index in [2.05, 4.69) is 14.9 Å². The molecule has 31 heavy (non-hydrogen) atoms. The molecule has 0 saturated heterocycles. The number of halogens is 5. The molecule has 160 valence electrons. The summed E-state index contributed by atoms with van der Waals surface area (Å²) in [5.41, 5.74) is 2.89. The van der Waals surface area contributed by atoms with Crippen LogP contribution >= 0.6 is 23.2 Å². The molecule has 0 aliphatic rings. The third kappa shape index (κ3) is 5.28. The van der Waals surface area contributed by atoms with Crippen molar-refractivity contribution in [2.75, 3.05) is 0 Å². The van der Waals surface area contributed by atoms with Gasteiger partial charge in [0.25, 0.3) is 0 Å². The summed E-state index contributed by atoms with van der Waals surface area (Å²) in [4.78, 5) is 0. The summed E-state index contributed by atoms with van der Waals surface area (Å²) < 4.78 is 48.4. The van der Waals surface area contributed by atoms with Crippen molar-refractivity contribution in [3.8, 4) is 16.9 Å². The Bertz CT molecular complexity index is 1210. The maximum Gasteiger partial charge on any atom is 0.573 e. The first-order chi connectivity index (χ1) is 14.8. The van der Waals surface area contributed by atoms with E-state index < -0.39 is 6.36 Å². The molecule has 0 N–H and O–H groups in total. The zero-order valence-electron chi connectivity index (χ0n) is 15.7. The van der Waals surface area contributed by atoms with E-state index >= 15 is 0 Å². The standard InChI is InChI=1S/C21H14Cl2F3N3O2/c22-16-5-1-15(18(23)9-16)11-30-12-20-28-27-19-8-4-14(10-29(19)20)13-2-6-17(7-3-13)31-21(24,25)26/h1-10H,11-12H2. The molecule has 0 aliphatic carbocycles. The van der Waals surface area contributed by atoms with E-state index in [-0.39, 0.29) is 19.0 Å². The molecule has 0 unspecified atom stereocenters. The summed E-state index contributed by atoms with van der Waals surface area (Å²) >= 11 is 12.0. The van der Waals surface area contributed by atoms with Crippen LogP contribution in [0.15, 0.2) is 60.8 Å². The average Bonchev–Trinajstić information content (AvgIpc) is 3.11. The number of alkyl halides is 3. The van der Waals surface area contributed by atoms with Crippen LogP contribution in [-0.4, -0.2) is 21.0 Å². The van der Waals surface area contributed by atoms with Crippen LogP contribution in [0.1, 0.15) is 11.4 Å². The van der Waals surface area contributed by atoms with Crippen LogP contribution in [0.4, 0.5) is 13.2 Å². The molecule has 0 spiro atoms. The molecule has 4 rings (SSSR count). The van der Waals surface area contributed by atoms with Gasteiger partial charge in [0.1, 0.15) is 12.4 Å². The van der Waals surface area contributed by atoms with Gasteiger partial charge >= 0.3 is 6.36 Å². The van der Waals surface area contributed by atoms with Crippen molar-refractivity contribution in [2.24, 2.45) is 0 Å². The summed E-state index contributed by atoms with van der Waals surface area (Å²) in [6.07, 6.45) is -2.93. The topological polar surface area (TPSA) is 48.7 Å². The van der Waals surface area contributed by atoms with Gasteiger partial charge in [-0.05, 0) is 53.1 Å². The summed E-state index contributed by atoms with van der Waals surface area (Å²) in [7, 11) is 0. The Kier molecular flexibility index (Phi) is 6.04. The zero-order chi connectivity index (χ0) is 22.0. The van der Waals surface area contributed by atoms with Gasteiger partial charge in [-0.2, -0.15) is 0 Å². The monoisotopic (exact) mass is 467 g/mol. The van der Waals surface area contributed by atoms with Gasteiger partial charge < -0.3 is 9.47 Å². The third-order valence-corrected chi connectivity index (χ3v) is 4.98. The third-order valence-electron chi connectivity index (χ3n) is 4.40. The molecule has 2 aromatic heterocycles. The minimum Gasteiger partial charge on any atom is -0.406 e. The summed E-state index contributed by atoms with van der Waals surface area (Å²) in [5.74, 6) is 0.288. The van der Waals surface area contributed by atoms with Crippen LogP contribution in [0.2, 0.25) is 10.0 Å². The number of rotatable bonds is 6. The van der Waals surface area contributed by atoms with E-state index in [1.54, 1.807) is 47.0 Å². The van der Waals surface area contributed by atoms with Crippen molar-refractivity contribution in [3.63, 3.8) is 0 Å². The van der Waals surface area contributed by atoms with E-state index in [1.807, 2.05) is 6.07 Å². The molecule has 0 amide bonds. The van der Waals surface area contributed by atoms with E-state index in [9.17, 15) is 13.2 Å². The lowest BCUT2D eigenvalue weighted by Gasteiger charge is -2.10. The van der Waals surface area contributed by atoms with Crippen LogP contribution in [0.5, 0.6) is 5.75 Å². The van der Waals surface area contributed by atoms with E-state index in [0.29, 0.717) is 27.1 Å². The fraction of sp³-hybridized carbons (Fsp3) is 0.143. The molecule has 4 aromatic rings. The minimum atomic E-state index is -4.73. The van der Waals surface area contributed by atoms with Crippen LogP contribution in [0, 0.1) is 0 Å². The van der Waals surface area contributed by atoms with Gasteiger partial charge in [0.05, 0.1) is 6.61 Å². The second kappa shape index (κ2) is 8.74. The van der Waals surface area contributed by atoms with Gasteiger partial charge in [0, 0.05) is 16.2 Å². The first kappa shape index (κ1) is 21.4. The number of aromatic nitrogens is 3. The maximum atomic E-state index is 12.3. The van der Waals surface area contributed by atoms with Crippen LogP contribution in [0.25, 0.3) is 16.8 Å². The fourth-order valence-corrected chi connectivity index (χ4v) is 3.41. The molecule has 0 fully saturated rings. The number of fused-ring (bicyclic) bond motifs is 1. The molecule has 0 radical (unpaired) electrons. The van der Waals surface area contributed by atoms with Gasteiger partial charge in [-0.15, -0.1) is 23.4 Å². The highest BCUT2D eigenvalue weighted by Gasteiger charge is 2.30. The summed E-state index contributed by atoms with van der Waals surface area (Å²) in [6.45, 7) is 0.452. The first-order valence-electron chi connectivity index (χ1n) is 9.00.